The van der Waals surface area contributed by atoms with Crippen LogP contribution in [0, 0.1) is 13.8 Å². The van der Waals surface area contributed by atoms with Crippen LogP contribution in [0.25, 0.3) is 0 Å². The quantitative estimate of drug-likeness (QED) is 0.786. The summed E-state index contributed by atoms with van der Waals surface area (Å²) in [6.07, 6.45) is 2.08. The van der Waals surface area contributed by atoms with Crippen LogP contribution in [0.4, 0.5) is 5.95 Å². The maximum atomic E-state index is 6.06. The third kappa shape index (κ3) is 4.00. The molecule has 0 aliphatic rings. The van der Waals surface area contributed by atoms with Crippen LogP contribution in [-0.2, 0) is 0 Å². The first-order valence-electron chi connectivity index (χ1n) is 5.19. The van der Waals surface area contributed by atoms with Crippen molar-refractivity contribution in [1.29, 1.82) is 0 Å². The van der Waals surface area contributed by atoms with Crippen LogP contribution < -0.4 is 5.32 Å². The lowest BCUT2D eigenvalue weighted by atomic mass is 10.2. The Morgan fingerprint density at radius 1 is 1.27 bits per heavy atom. The Hall–Kier alpha value is -0.900. The van der Waals surface area contributed by atoms with Crippen molar-refractivity contribution in [3.05, 3.63) is 11.4 Å². The van der Waals surface area contributed by atoms with Crippen molar-refractivity contribution >= 4 is 17.5 Å². The van der Waals surface area contributed by atoms with Crippen LogP contribution in [0.5, 0.6) is 0 Å². The second-order valence-corrected chi connectivity index (χ2v) is 4.19. The van der Waals surface area contributed by atoms with E-state index in [9.17, 15) is 0 Å². The van der Waals surface area contributed by atoms with Gasteiger partial charge in [0, 0.05) is 6.54 Å². The Kier molecular flexibility index (Phi) is 4.75. The van der Waals surface area contributed by atoms with Crippen LogP contribution in [0.15, 0.2) is 0 Å². The molecule has 0 saturated carbocycles. The number of aryl methyl sites for hydroxylation is 2. The zero-order valence-corrected chi connectivity index (χ0v) is 10.2. The average Bonchev–Trinajstić information content (AvgIpc) is 2.20. The van der Waals surface area contributed by atoms with Crippen molar-refractivity contribution in [3.63, 3.8) is 0 Å². The van der Waals surface area contributed by atoms with Gasteiger partial charge in [-0.05, 0) is 20.3 Å². The van der Waals surface area contributed by atoms with Gasteiger partial charge >= 0.3 is 0 Å². The number of alkyl halides is 1. The minimum atomic E-state index is 0.125. The van der Waals surface area contributed by atoms with E-state index in [0.29, 0.717) is 12.5 Å². The molecule has 0 aliphatic heterocycles. The van der Waals surface area contributed by atoms with Gasteiger partial charge in [0.2, 0.25) is 5.95 Å². The zero-order chi connectivity index (χ0) is 11.3. The van der Waals surface area contributed by atoms with Crippen molar-refractivity contribution in [2.45, 2.75) is 39.0 Å². The van der Waals surface area contributed by atoms with E-state index in [1.54, 1.807) is 0 Å². The monoisotopic (exact) mass is 228 g/mol. The average molecular weight is 229 g/mol. The van der Waals surface area contributed by atoms with Gasteiger partial charge in [0.1, 0.15) is 0 Å². The summed E-state index contributed by atoms with van der Waals surface area (Å²) in [4.78, 5) is 4.26. The largest absolute Gasteiger partial charge is 0.351 e. The predicted octanol–water partition coefficient (Wildman–Crippen LogP) is 2.31. The second kappa shape index (κ2) is 5.85. The standard InChI is InChI=1S/C10H17ClN4/c1-4-5-9(11)6-12-10-13-7(2)8(3)14-15-10/h9H,4-6H2,1-3H3,(H,12,13,15). The third-order valence-electron chi connectivity index (χ3n) is 2.18. The Balaban J connectivity index is 2.47. The summed E-state index contributed by atoms with van der Waals surface area (Å²) in [5.41, 5.74) is 1.76. The summed E-state index contributed by atoms with van der Waals surface area (Å²) >= 11 is 6.06. The van der Waals surface area contributed by atoms with Crippen LogP contribution in [0.1, 0.15) is 31.2 Å². The number of nitrogens with one attached hydrogen (secondary N) is 1. The van der Waals surface area contributed by atoms with Crippen LogP contribution in [0.3, 0.4) is 0 Å². The number of halogens is 1. The van der Waals surface area contributed by atoms with Crippen molar-refractivity contribution in [2.24, 2.45) is 0 Å². The Morgan fingerprint density at radius 2 is 2.00 bits per heavy atom. The minimum Gasteiger partial charge on any atom is -0.351 e. The molecule has 0 aromatic carbocycles. The fourth-order valence-corrected chi connectivity index (χ4v) is 1.44. The topological polar surface area (TPSA) is 50.7 Å². The molecular weight excluding hydrogens is 212 g/mol. The van der Waals surface area contributed by atoms with Crippen LogP contribution in [-0.4, -0.2) is 27.1 Å². The summed E-state index contributed by atoms with van der Waals surface area (Å²) in [5.74, 6) is 0.555. The molecule has 1 aromatic rings. The molecular formula is C10H17ClN4. The number of hydrogen-bond acceptors (Lipinski definition) is 4. The van der Waals surface area contributed by atoms with E-state index in [2.05, 4.69) is 27.4 Å². The molecule has 1 aromatic heterocycles. The van der Waals surface area contributed by atoms with Crippen LogP contribution in [0.2, 0.25) is 0 Å². The van der Waals surface area contributed by atoms with Gasteiger partial charge in [0.05, 0.1) is 16.8 Å². The SMILES string of the molecule is CCCC(Cl)CNc1nnc(C)c(C)n1. The normalized spacial score (nSPS) is 12.5. The van der Waals surface area contributed by atoms with E-state index in [4.69, 9.17) is 11.6 Å². The highest BCUT2D eigenvalue weighted by Gasteiger charge is 2.05. The minimum absolute atomic E-state index is 0.125. The number of anilines is 1. The molecule has 1 N–H and O–H groups in total. The molecule has 1 heterocycles. The first kappa shape index (κ1) is 12.2. The lowest BCUT2D eigenvalue weighted by Gasteiger charge is -2.09. The Morgan fingerprint density at radius 3 is 2.60 bits per heavy atom. The van der Waals surface area contributed by atoms with Gasteiger partial charge in [-0.3, -0.25) is 0 Å². The van der Waals surface area contributed by atoms with Gasteiger partial charge in [-0.1, -0.05) is 13.3 Å². The van der Waals surface area contributed by atoms with Gasteiger partial charge < -0.3 is 5.32 Å². The van der Waals surface area contributed by atoms with Gasteiger partial charge in [-0.2, -0.15) is 5.10 Å². The van der Waals surface area contributed by atoms with Crippen molar-refractivity contribution in [3.8, 4) is 0 Å². The number of nitrogens with zero attached hydrogens (tertiary/aromatic N) is 3. The molecule has 15 heavy (non-hydrogen) atoms. The molecule has 0 amide bonds. The molecule has 1 atom stereocenters. The summed E-state index contributed by atoms with van der Waals surface area (Å²) < 4.78 is 0. The van der Waals surface area contributed by atoms with Gasteiger partial charge in [0.15, 0.2) is 0 Å². The van der Waals surface area contributed by atoms with E-state index in [0.717, 1.165) is 24.2 Å². The molecule has 0 spiro atoms. The Labute approximate surface area is 95.5 Å². The zero-order valence-electron chi connectivity index (χ0n) is 9.42. The fraction of sp³-hybridized carbons (Fsp3) is 0.700. The smallest absolute Gasteiger partial charge is 0.243 e. The van der Waals surface area contributed by atoms with E-state index in [-0.39, 0.29) is 5.38 Å². The Bertz CT molecular complexity index is 316. The summed E-state index contributed by atoms with van der Waals surface area (Å²) in [5, 5.41) is 11.1. The highest BCUT2D eigenvalue weighted by atomic mass is 35.5. The first-order chi connectivity index (χ1) is 7.13. The molecule has 5 heteroatoms. The maximum absolute atomic E-state index is 6.06. The molecule has 0 bridgehead atoms. The summed E-state index contributed by atoms with van der Waals surface area (Å²) in [6.45, 7) is 6.60. The van der Waals surface area contributed by atoms with Gasteiger partial charge in [-0.15, -0.1) is 16.7 Å². The summed E-state index contributed by atoms with van der Waals surface area (Å²) in [7, 11) is 0. The molecule has 0 aliphatic carbocycles. The molecule has 1 rings (SSSR count). The highest BCUT2D eigenvalue weighted by molar-refractivity contribution is 6.20. The molecule has 1 unspecified atom stereocenters. The van der Waals surface area contributed by atoms with Crippen molar-refractivity contribution in [1.82, 2.24) is 15.2 Å². The first-order valence-corrected chi connectivity index (χ1v) is 5.63. The molecule has 84 valence electrons. The van der Waals surface area contributed by atoms with E-state index in [1.165, 1.54) is 0 Å². The molecule has 0 saturated heterocycles. The molecule has 0 fully saturated rings. The number of aromatic nitrogens is 3. The predicted molar refractivity (Wildman–Crippen MR) is 62.3 cm³/mol. The van der Waals surface area contributed by atoms with E-state index < -0.39 is 0 Å². The lowest BCUT2D eigenvalue weighted by Crippen LogP contribution is -2.16. The van der Waals surface area contributed by atoms with Gasteiger partial charge in [0.25, 0.3) is 0 Å². The molecule has 0 radical (unpaired) electrons. The van der Waals surface area contributed by atoms with Crippen molar-refractivity contribution < 1.29 is 0 Å². The number of rotatable bonds is 5. The maximum Gasteiger partial charge on any atom is 0.243 e. The van der Waals surface area contributed by atoms with Crippen molar-refractivity contribution in [2.75, 3.05) is 11.9 Å². The fourth-order valence-electron chi connectivity index (χ4n) is 1.15. The molecule has 4 nitrogen and oxygen atoms in total. The third-order valence-corrected chi connectivity index (χ3v) is 2.55. The number of hydrogen-bond donors (Lipinski definition) is 1. The second-order valence-electron chi connectivity index (χ2n) is 3.57. The highest BCUT2D eigenvalue weighted by Crippen LogP contribution is 2.07. The van der Waals surface area contributed by atoms with E-state index in [1.807, 2.05) is 13.8 Å². The van der Waals surface area contributed by atoms with Gasteiger partial charge in [-0.25, -0.2) is 4.98 Å². The lowest BCUT2D eigenvalue weighted by molar-refractivity contribution is 0.744. The summed E-state index contributed by atoms with van der Waals surface area (Å²) in [6, 6.07) is 0. The van der Waals surface area contributed by atoms with Crippen LogP contribution >= 0.6 is 11.6 Å². The van der Waals surface area contributed by atoms with E-state index >= 15 is 0 Å².